The Bertz CT molecular complexity index is 1880. The highest BCUT2D eigenvalue weighted by Gasteiger charge is 2.76. The summed E-state index contributed by atoms with van der Waals surface area (Å²) in [7, 11) is 4.05. The van der Waals surface area contributed by atoms with Gasteiger partial charge in [-0.3, -0.25) is 19.4 Å². The number of rotatable bonds is 8. The standard InChI is InChI=1S/C44H63N5O10/c1-12-36-42(8,53)34-16-15-31(48-54-23-32-14-13-30(22-45-32)35-17-18-46-58-35)21-44(28(6)38(25(34)3)47-29(7)50)43(9,59-44)40(26(4)39(51)27(5)41(52)56-36)57-37-20-33(49(10)11)19-24(2)55-37/h13-14,17-18,22,24-28,33-34,36-37,40,53H,12,15-16,19-21,23H2,1-11H3/b47-38?,48-31+/t24-,25-,26+,27-,28+,33+,34-,36-,37+,40-,42+,43+,44-/m1/s1. The number of cyclic esters (lactones) is 1. The second-order valence-corrected chi connectivity index (χ2v) is 17.8. The van der Waals surface area contributed by atoms with E-state index in [1.807, 2.05) is 60.8 Å². The summed E-state index contributed by atoms with van der Waals surface area (Å²) in [6.45, 7) is 16.2. The van der Waals surface area contributed by atoms with Gasteiger partial charge in [0.2, 0.25) is 5.91 Å². The summed E-state index contributed by atoms with van der Waals surface area (Å²) < 4.78 is 31.8. The zero-order valence-electron chi connectivity index (χ0n) is 36.5. The molecule has 3 aliphatic heterocycles. The van der Waals surface area contributed by atoms with E-state index in [1.165, 1.54) is 6.92 Å². The Labute approximate surface area is 347 Å². The Kier molecular flexibility index (Phi) is 13.3. The zero-order chi connectivity index (χ0) is 43.0. The molecule has 1 spiro atoms. The third kappa shape index (κ3) is 8.95. The molecule has 2 bridgehead atoms. The number of ketones is 1. The molecule has 13 atom stereocenters. The number of oxime groups is 1. The van der Waals surface area contributed by atoms with E-state index in [0.717, 1.165) is 12.0 Å². The number of hydrogen-bond acceptors (Lipinski definition) is 14. The van der Waals surface area contributed by atoms with Gasteiger partial charge in [0.1, 0.15) is 34.9 Å². The van der Waals surface area contributed by atoms with Gasteiger partial charge in [0.15, 0.2) is 24.4 Å². The molecule has 6 rings (SSSR count). The largest absolute Gasteiger partial charge is 0.459 e. The van der Waals surface area contributed by atoms with Crippen LogP contribution in [0.2, 0.25) is 0 Å². The summed E-state index contributed by atoms with van der Waals surface area (Å²) in [6.07, 6.45) is 3.24. The highest BCUT2D eigenvalue weighted by atomic mass is 16.7. The number of hydrogen-bond donors (Lipinski definition) is 1. The summed E-state index contributed by atoms with van der Waals surface area (Å²) in [6, 6.07) is 5.62. The molecule has 4 fully saturated rings. The Morgan fingerprint density at radius 2 is 1.81 bits per heavy atom. The van der Waals surface area contributed by atoms with Crippen LogP contribution in [-0.2, 0) is 44.8 Å². The highest BCUT2D eigenvalue weighted by molar-refractivity contribution is 6.01. The van der Waals surface area contributed by atoms with Crippen LogP contribution in [0.4, 0.5) is 0 Å². The number of nitrogens with zero attached hydrogens (tertiary/aromatic N) is 5. The van der Waals surface area contributed by atoms with Crippen LogP contribution >= 0.6 is 0 Å². The van der Waals surface area contributed by atoms with Gasteiger partial charge < -0.3 is 38.3 Å². The minimum Gasteiger partial charge on any atom is -0.459 e. The average molecular weight is 822 g/mol. The van der Waals surface area contributed by atoms with Gasteiger partial charge in [-0.2, -0.15) is 0 Å². The molecule has 324 valence electrons. The van der Waals surface area contributed by atoms with Crippen molar-refractivity contribution in [2.24, 2.45) is 39.7 Å². The van der Waals surface area contributed by atoms with Gasteiger partial charge in [-0.1, -0.05) is 38.0 Å². The van der Waals surface area contributed by atoms with Crippen LogP contribution in [0.15, 0.2) is 45.3 Å². The molecule has 1 N–H and O–H groups in total. The van der Waals surface area contributed by atoms with Gasteiger partial charge in [0, 0.05) is 67.1 Å². The number of ether oxygens (including phenoxy) is 4. The fraction of sp³-hybridized carbons (Fsp3) is 0.705. The van der Waals surface area contributed by atoms with Crippen molar-refractivity contribution in [1.29, 1.82) is 0 Å². The first-order valence-corrected chi connectivity index (χ1v) is 21.1. The van der Waals surface area contributed by atoms with Gasteiger partial charge in [0.05, 0.1) is 23.7 Å². The van der Waals surface area contributed by atoms with E-state index in [0.29, 0.717) is 42.1 Å². The topological polar surface area (TPSA) is 188 Å². The number of epoxide rings is 1. The maximum absolute atomic E-state index is 14.5. The first-order chi connectivity index (χ1) is 27.8. The van der Waals surface area contributed by atoms with Crippen molar-refractivity contribution in [3.05, 3.63) is 36.3 Å². The van der Waals surface area contributed by atoms with Crippen LogP contribution in [0.3, 0.4) is 0 Å². The molecule has 0 radical (unpaired) electrons. The van der Waals surface area contributed by atoms with Gasteiger partial charge in [-0.15, -0.1) is 0 Å². The van der Waals surface area contributed by atoms with Crippen LogP contribution in [0.5, 0.6) is 0 Å². The highest BCUT2D eigenvalue weighted by Crippen LogP contribution is 2.61. The Morgan fingerprint density at radius 3 is 2.44 bits per heavy atom. The maximum atomic E-state index is 14.5. The Hall–Kier alpha value is -3.89. The quantitative estimate of drug-likeness (QED) is 0.142. The number of fused-ring (bicyclic) bond motifs is 3. The van der Waals surface area contributed by atoms with Crippen LogP contribution < -0.4 is 0 Å². The van der Waals surface area contributed by atoms with E-state index >= 15 is 0 Å². The molecule has 15 nitrogen and oxygen atoms in total. The van der Waals surface area contributed by atoms with Crippen molar-refractivity contribution in [2.75, 3.05) is 14.1 Å². The van der Waals surface area contributed by atoms with Crippen LogP contribution in [0.1, 0.15) is 107 Å². The Balaban J connectivity index is 1.46. The van der Waals surface area contributed by atoms with Gasteiger partial charge in [0.25, 0.3) is 0 Å². The second kappa shape index (κ2) is 17.6. The number of carbonyl (C=O) groups excluding carboxylic acids is 3. The minimum atomic E-state index is -1.60. The number of Topliss-reactive ketones (excluding diaryl/α,β-unsaturated/α-hetero) is 1. The molecule has 4 aliphatic rings. The number of aliphatic imine (C=N–C) groups is 1. The Morgan fingerprint density at radius 1 is 1.07 bits per heavy atom. The molecule has 2 aromatic heterocycles. The summed E-state index contributed by atoms with van der Waals surface area (Å²) in [5.41, 5.74) is -1.27. The number of aromatic nitrogens is 2. The summed E-state index contributed by atoms with van der Waals surface area (Å²) in [5.74, 6) is -4.50. The molecule has 15 heteroatoms. The molecule has 2 aromatic rings. The van der Waals surface area contributed by atoms with Gasteiger partial charge in [-0.05, 0) is 85.5 Å². The smallest absolute Gasteiger partial charge is 0.316 e. The molecular formula is C44H63N5O10. The van der Waals surface area contributed by atoms with Crippen molar-refractivity contribution in [3.63, 3.8) is 0 Å². The number of pyridine rings is 1. The van der Waals surface area contributed by atoms with E-state index in [4.69, 9.17) is 33.5 Å². The van der Waals surface area contributed by atoms with Crippen molar-refractivity contribution < 1.29 is 47.8 Å². The molecule has 0 unspecified atom stereocenters. The van der Waals surface area contributed by atoms with E-state index in [1.54, 1.807) is 39.2 Å². The molecule has 1 aliphatic carbocycles. The van der Waals surface area contributed by atoms with E-state index < -0.39 is 76.8 Å². The lowest BCUT2D eigenvalue weighted by atomic mass is 9.67. The summed E-state index contributed by atoms with van der Waals surface area (Å²) in [4.78, 5) is 58.8. The van der Waals surface area contributed by atoms with E-state index in [-0.39, 0.29) is 37.4 Å². The minimum absolute atomic E-state index is 0.0721. The second-order valence-electron chi connectivity index (χ2n) is 17.8. The summed E-state index contributed by atoms with van der Waals surface area (Å²) >= 11 is 0. The number of aliphatic hydroxyl groups is 1. The van der Waals surface area contributed by atoms with E-state index in [2.05, 4.69) is 20.0 Å². The fourth-order valence-electron chi connectivity index (χ4n) is 10.0. The van der Waals surface area contributed by atoms with Gasteiger partial charge in [-0.25, -0.2) is 4.99 Å². The lowest BCUT2D eigenvalue weighted by molar-refractivity contribution is -0.238. The van der Waals surface area contributed by atoms with Crippen molar-refractivity contribution in [2.45, 2.75) is 155 Å². The number of carbonyl (C=O) groups is 3. The van der Waals surface area contributed by atoms with Crippen molar-refractivity contribution >= 4 is 29.1 Å². The van der Waals surface area contributed by atoms with Gasteiger partial charge >= 0.3 is 5.97 Å². The molecule has 3 saturated heterocycles. The molecule has 59 heavy (non-hydrogen) atoms. The third-order valence-corrected chi connectivity index (χ3v) is 13.6. The molecule has 5 heterocycles. The normalized spacial score (nSPS) is 39.6. The SMILES string of the molecule is CC[C@H]1OC(=O)[C@H](C)C(=O)[C@H](C)[C@@H](O[C@H]2C[C@@H](N(C)C)C[C@@H](C)O2)[C@]2(C)O[C@@]23C/C(=N/OCc2ccc(-c4ccno4)cn2)CC[C@H]([C@@H](C)C(=NC(C)=O)[C@@H]3C)[C@]1(C)O. The molecule has 1 saturated carbocycles. The van der Waals surface area contributed by atoms with Crippen molar-refractivity contribution in [3.8, 4) is 11.3 Å². The van der Waals surface area contributed by atoms with Crippen molar-refractivity contribution in [1.82, 2.24) is 15.0 Å². The molecule has 0 aromatic carbocycles. The van der Waals surface area contributed by atoms with Crippen LogP contribution in [0.25, 0.3) is 11.3 Å². The predicted octanol–water partition coefficient (Wildman–Crippen LogP) is 5.96. The summed E-state index contributed by atoms with van der Waals surface area (Å²) in [5, 5.41) is 21.0. The maximum Gasteiger partial charge on any atom is 0.316 e. The molecular weight excluding hydrogens is 759 g/mol. The predicted molar refractivity (Wildman–Crippen MR) is 218 cm³/mol. The van der Waals surface area contributed by atoms with E-state index in [9.17, 15) is 19.5 Å². The molecule has 1 amide bonds. The monoisotopic (exact) mass is 821 g/mol. The first kappa shape index (κ1) is 44.7. The average Bonchev–Trinajstić information content (AvgIpc) is 3.47. The first-order valence-electron chi connectivity index (χ1n) is 21.1. The zero-order valence-corrected chi connectivity index (χ0v) is 36.5. The number of esters is 1. The fourth-order valence-corrected chi connectivity index (χ4v) is 10.0. The van der Waals surface area contributed by atoms with Crippen LogP contribution in [0, 0.1) is 29.6 Å². The lowest BCUT2D eigenvalue weighted by Gasteiger charge is -2.43. The number of amides is 1. The van der Waals surface area contributed by atoms with Crippen LogP contribution in [-0.4, -0.2) is 111 Å². The third-order valence-electron chi connectivity index (χ3n) is 13.6. The lowest BCUT2D eigenvalue weighted by Crippen LogP contribution is -2.55.